The summed E-state index contributed by atoms with van der Waals surface area (Å²) in [6.45, 7) is 2.20. The summed E-state index contributed by atoms with van der Waals surface area (Å²) in [6, 6.07) is 27.5. The van der Waals surface area contributed by atoms with Crippen molar-refractivity contribution < 1.29 is 19.1 Å². The first-order valence-corrected chi connectivity index (χ1v) is 12.1. The lowest BCUT2D eigenvalue weighted by atomic mass is 10.1. The molecule has 37 heavy (non-hydrogen) atoms. The Morgan fingerprint density at radius 3 is 2.27 bits per heavy atom. The Hall–Kier alpha value is -4.65. The summed E-state index contributed by atoms with van der Waals surface area (Å²) in [6.07, 6.45) is 1.04. The highest BCUT2D eigenvalue weighted by molar-refractivity contribution is 5.68. The summed E-state index contributed by atoms with van der Waals surface area (Å²) in [5.74, 6) is 2.02. The van der Waals surface area contributed by atoms with Crippen LogP contribution in [0.25, 0.3) is 22.7 Å². The molecule has 2 N–H and O–H groups in total. The number of aromatic amines is 1. The van der Waals surface area contributed by atoms with Crippen molar-refractivity contribution in [2.45, 2.75) is 32.8 Å². The zero-order valence-corrected chi connectivity index (χ0v) is 20.5. The number of aryl methyl sites for hydroxylation is 2. The Balaban J connectivity index is 1.25. The number of carbonyl (C=O) groups is 1. The molecule has 0 atom stereocenters. The van der Waals surface area contributed by atoms with Gasteiger partial charge in [0.25, 0.3) is 0 Å². The fourth-order valence-electron chi connectivity index (χ4n) is 4.11. The van der Waals surface area contributed by atoms with Crippen LogP contribution in [0.5, 0.6) is 5.75 Å². The zero-order chi connectivity index (χ0) is 25.6. The number of ether oxygens (including phenoxy) is 1. The van der Waals surface area contributed by atoms with Gasteiger partial charge in [-0.3, -0.25) is 4.79 Å². The van der Waals surface area contributed by atoms with E-state index in [1.54, 1.807) is 0 Å². The minimum Gasteiger partial charge on any atom is -0.487 e. The number of aromatic nitrogens is 3. The summed E-state index contributed by atoms with van der Waals surface area (Å²) in [5, 5.41) is 9.13. The van der Waals surface area contributed by atoms with Gasteiger partial charge in [0.05, 0.1) is 12.1 Å². The van der Waals surface area contributed by atoms with E-state index in [1.807, 2.05) is 91.9 Å². The minimum atomic E-state index is -0.831. The van der Waals surface area contributed by atoms with Crippen molar-refractivity contribution in [1.82, 2.24) is 15.0 Å². The predicted molar refractivity (Wildman–Crippen MR) is 140 cm³/mol. The second-order valence-electron chi connectivity index (χ2n) is 8.77. The number of carboxylic acid groups (broad SMARTS) is 1. The zero-order valence-electron chi connectivity index (χ0n) is 20.5. The van der Waals surface area contributed by atoms with Gasteiger partial charge in [-0.25, -0.2) is 9.97 Å². The van der Waals surface area contributed by atoms with Gasteiger partial charge in [-0.05, 0) is 36.8 Å². The number of oxazole rings is 1. The molecule has 0 amide bonds. The number of carboxylic acids is 1. The van der Waals surface area contributed by atoms with Gasteiger partial charge in [-0.15, -0.1) is 0 Å². The third-order valence-corrected chi connectivity index (χ3v) is 6.05. The Morgan fingerprint density at radius 2 is 1.59 bits per heavy atom. The highest BCUT2D eigenvalue weighted by Gasteiger charge is 2.15. The van der Waals surface area contributed by atoms with Crippen LogP contribution >= 0.6 is 0 Å². The van der Waals surface area contributed by atoms with Crippen molar-refractivity contribution >= 4 is 5.97 Å². The molecule has 0 aliphatic carbocycles. The largest absolute Gasteiger partial charge is 0.487 e. The lowest BCUT2D eigenvalue weighted by molar-refractivity contribution is -0.136. The van der Waals surface area contributed by atoms with Gasteiger partial charge in [0.15, 0.2) is 0 Å². The first kappa shape index (κ1) is 24.1. The highest BCUT2D eigenvalue weighted by Crippen LogP contribution is 2.25. The third kappa shape index (κ3) is 5.95. The third-order valence-electron chi connectivity index (χ3n) is 6.05. The molecule has 2 aromatic heterocycles. The van der Waals surface area contributed by atoms with Crippen LogP contribution in [0.1, 0.15) is 35.0 Å². The second kappa shape index (κ2) is 11.0. The maximum absolute atomic E-state index is 11.1. The minimum absolute atomic E-state index is 0.0470. The van der Waals surface area contributed by atoms with Crippen LogP contribution < -0.4 is 4.74 Å². The standard InChI is InChI=1S/C30H27N3O4/c1-20-26(32-30(37-20)23-10-6-3-7-11-23)19-36-24-14-12-21(13-15-24)18-27-31-25(16-17-28(34)35)29(33-27)22-8-4-2-5-9-22/h2-15H,16-19H2,1H3,(H,31,33)(H,34,35). The average molecular weight is 494 g/mol. The summed E-state index contributed by atoms with van der Waals surface area (Å²) < 4.78 is 11.8. The predicted octanol–water partition coefficient (Wildman–Crippen LogP) is 6.23. The van der Waals surface area contributed by atoms with Crippen LogP contribution in [-0.2, 0) is 24.2 Å². The number of rotatable bonds is 10. The number of aliphatic carboxylic acids is 1. The van der Waals surface area contributed by atoms with Gasteiger partial charge in [-0.1, -0.05) is 60.7 Å². The number of benzene rings is 3. The number of imidazole rings is 1. The lowest BCUT2D eigenvalue weighted by Gasteiger charge is -2.06. The Bertz CT molecular complexity index is 1470. The Morgan fingerprint density at radius 1 is 0.919 bits per heavy atom. The van der Waals surface area contributed by atoms with Crippen LogP contribution in [-0.4, -0.2) is 26.0 Å². The molecule has 3 aromatic carbocycles. The van der Waals surface area contributed by atoms with E-state index >= 15 is 0 Å². The molecule has 2 heterocycles. The topological polar surface area (TPSA) is 101 Å². The van der Waals surface area contributed by atoms with Crippen LogP contribution in [0.4, 0.5) is 0 Å². The van der Waals surface area contributed by atoms with Gasteiger partial charge in [0.2, 0.25) is 5.89 Å². The molecular formula is C30H27N3O4. The van der Waals surface area contributed by atoms with E-state index in [2.05, 4.69) is 9.97 Å². The van der Waals surface area contributed by atoms with E-state index in [0.717, 1.165) is 51.1 Å². The molecule has 0 unspecified atom stereocenters. The Labute approximate surface area is 214 Å². The molecule has 0 bridgehead atoms. The lowest BCUT2D eigenvalue weighted by Crippen LogP contribution is -1.99. The molecule has 0 saturated heterocycles. The van der Waals surface area contributed by atoms with Crippen LogP contribution in [0.15, 0.2) is 89.3 Å². The van der Waals surface area contributed by atoms with Crippen molar-refractivity contribution in [3.05, 3.63) is 113 Å². The molecule has 0 saturated carbocycles. The molecule has 7 nitrogen and oxygen atoms in total. The first-order valence-electron chi connectivity index (χ1n) is 12.1. The van der Waals surface area contributed by atoms with Crippen molar-refractivity contribution in [3.63, 3.8) is 0 Å². The Kier molecular flexibility index (Phi) is 7.12. The maximum Gasteiger partial charge on any atom is 0.303 e. The van der Waals surface area contributed by atoms with Crippen molar-refractivity contribution in [2.24, 2.45) is 0 Å². The van der Waals surface area contributed by atoms with E-state index < -0.39 is 5.97 Å². The van der Waals surface area contributed by atoms with Crippen molar-refractivity contribution in [3.8, 4) is 28.5 Å². The normalized spacial score (nSPS) is 10.9. The number of nitrogens with zero attached hydrogens (tertiary/aromatic N) is 2. The van der Waals surface area contributed by atoms with E-state index in [-0.39, 0.29) is 6.42 Å². The monoisotopic (exact) mass is 493 g/mol. The van der Waals surface area contributed by atoms with Gasteiger partial charge in [0.1, 0.15) is 29.6 Å². The molecule has 0 aliphatic rings. The SMILES string of the molecule is Cc1oc(-c2ccccc2)nc1COc1ccc(Cc2nc(-c3ccccc3)c(CCC(=O)O)[nH]2)cc1. The second-order valence-corrected chi connectivity index (χ2v) is 8.77. The highest BCUT2D eigenvalue weighted by atomic mass is 16.5. The van der Waals surface area contributed by atoms with Gasteiger partial charge >= 0.3 is 5.97 Å². The first-order chi connectivity index (χ1) is 18.0. The molecule has 5 rings (SSSR count). The smallest absolute Gasteiger partial charge is 0.303 e. The van der Waals surface area contributed by atoms with Crippen molar-refractivity contribution in [1.29, 1.82) is 0 Å². The summed E-state index contributed by atoms with van der Waals surface area (Å²) in [5.41, 5.74) is 5.36. The van der Waals surface area contributed by atoms with E-state index in [4.69, 9.17) is 19.2 Å². The quantitative estimate of drug-likeness (QED) is 0.239. The van der Waals surface area contributed by atoms with Crippen LogP contribution in [0.2, 0.25) is 0 Å². The van der Waals surface area contributed by atoms with Crippen LogP contribution in [0.3, 0.4) is 0 Å². The molecule has 0 spiro atoms. The molecule has 5 aromatic rings. The number of H-pyrrole nitrogens is 1. The van der Waals surface area contributed by atoms with Crippen LogP contribution in [0, 0.1) is 6.92 Å². The molecule has 0 radical (unpaired) electrons. The fraction of sp³-hybridized carbons (Fsp3) is 0.167. The number of hydrogen-bond acceptors (Lipinski definition) is 5. The summed E-state index contributed by atoms with van der Waals surface area (Å²) in [4.78, 5) is 23.8. The number of hydrogen-bond donors (Lipinski definition) is 2. The summed E-state index contributed by atoms with van der Waals surface area (Å²) in [7, 11) is 0. The average Bonchev–Trinajstić information content (AvgIpc) is 3.51. The van der Waals surface area contributed by atoms with E-state index in [1.165, 1.54) is 0 Å². The van der Waals surface area contributed by atoms with E-state index in [9.17, 15) is 4.79 Å². The molecule has 7 heteroatoms. The summed E-state index contributed by atoms with van der Waals surface area (Å²) >= 11 is 0. The molecule has 186 valence electrons. The maximum atomic E-state index is 11.1. The van der Waals surface area contributed by atoms with E-state index in [0.29, 0.717) is 25.3 Å². The molecule has 0 aliphatic heterocycles. The van der Waals surface area contributed by atoms with Gasteiger partial charge < -0.3 is 19.2 Å². The number of nitrogens with one attached hydrogen (secondary N) is 1. The van der Waals surface area contributed by atoms with Crippen molar-refractivity contribution in [2.75, 3.05) is 0 Å². The molecule has 0 fully saturated rings. The van der Waals surface area contributed by atoms with Gasteiger partial charge in [-0.2, -0.15) is 0 Å². The van der Waals surface area contributed by atoms with Gasteiger partial charge in [0, 0.05) is 29.7 Å². The molecular weight excluding hydrogens is 466 g/mol. The fourth-order valence-corrected chi connectivity index (χ4v) is 4.11.